The lowest BCUT2D eigenvalue weighted by atomic mass is 9.84. The zero-order valence-electron chi connectivity index (χ0n) is 15.9. The Morgan fingerprint density at radius 2 is 1.66 bits per heavy atom. The molecule has 0 amide bonds. The van der Waals surface area contributed by atoms with Gasteiger partial charge in [-0.1, -0.05) is 24.3 Å². The molecule has 0 radical (unpaired) electrons. The van der Waals surface area contributed by atoms with Crippen LogP contribution in [-0.4, -0.2) is 12.1 Å². The quantitative estimate of drug-likeness (QED) is 0.571. The van der Waals surface area contributed by atoms with Crippen molar-refractivity contribution in [3.8, 4) is 23.1 Å². The van der Waals surface area contributed by atoms with Gasteiger partial charge in [-0.15, -0.1) is 0 Å². The van der Waals surface area contributed by atoms with Crippen molar-refractivity contribution in [1.29, 1.82) is 5.26 Å². The van der Waals surface area contributed by atoms with Crippen LogP contribution in [0.3, 0.4) is 0 Å². The molecule has 4 rings (SSSR count). The lowest BCUT2D eigenvalue weighted by Gasteiger charge is -2.23. The largest absolute Gasteiger partial charge is 0.480 e. The summed E-state index contributed by atoms with van der Waals surface area (Å²) in [6, 6.07) is 14.6. The van der Waals surface area contributed by atoms with E-state index in [0.29, 0.717) is 5.56 Å². The van der Waals surface area contributed by atoms with Crippen molar-refractivity contribution in [3.05, 3.63) is 82.5 Å². The fraction of sp³-hybridized carbons (Fsp3) is 0.167. The fourth-order valence-corrected chi connectivity index (χ4v) is 3.77. The van der Waals surface area contributed by atoms with E-state index in [1.54, 1.807) is 24.3 Å². The number of benzene rings is 2. The molecule has 3 aromatic rings. The average molecular weight is 388 g/mol. The summed E-state index contributed by atoms with van der Waals surface area (Å²) >= 11 is 0. The molecule has 0 atom stereocenters. The third kappa shape index (κ3) is 3.62. The molecule has 0 spiro atoms. The summed E-state index contributed by atoms with van der Waals surface area (Å²) in [5, 5.41) is 9.78. The second-order valence-electron chi connectivity index (χ2n) is 6.89. The minimum Gasteiger partial charge on any atom is -0.480 e. The average Bonchev–Trinajstić information content (AvgIpc) is 2.75. The molecule has 1 aliphatic rings. The van der Waals surface area contributed by atoms with Crippen molar-refractivity contribution in [2.45, 2.75) is 19.3 Å². The molecule has 0 saturated heterocycles. The maximum absolute atomic E-state index is 13.5. The van der Waals surface area contributed by atoms with E-state index in [4.69, 9.17) is 4.74 Å². The summed E-state index contributed by atoms with van der Waals surface area (Å²) in [6.07, 6.45) is 4.46. The van der Waals surface area contributed by atoms with E-state index < -0.39 is 0 Å². The van der Waals surface area contributed by atoms with Crippen LogP contribution in [0.15, 0.2) is 48.5 Å². The van der Waals surface area contributed by atoms with Crippen LogP contribution in [0.25, 0.3) is 22.8 Å². The van der Waals surface area contributed by atoms with Gasteiger partial charge >= 0.3 is 0 Å². The Kier molecular flexibility index (Phi) is 5.09. The van der Waals surface area contributed by atoms with E-state index in [-0.39, 0.29) is 17.5 Å². The van der Waals surface area contributed by atoms with E-state index in [9.17, 15) is 14.0 Å². The van der Waals surface area contributed by atoms with Gasteiger partial charge in [-0.3, -0.25) is 0 Å². The van der Waals surface area contributed by atoms with E-state index in [2.05, 4.69) is 11.1 Å². The molecule has 2 aromatic carbocycles. The SMILES string of the molecule is COc1nc2c(c(-c3ccc(F)cc3)c1C#N)CCCC2=Cc1ccc(F)cc1. The van der Waals surface area contributed by atoms with Crippen molar-refractivity contribution in [2.24, 2.45) is 0 Å². The third-order valence-electron chi connectivity index (χ3n) is 5.09. The molecule has 1 heterocycles. The molecule has 144 valence electrons. The number of pyridine rings is 1. The number of nitriles is 1. The van der Waals surface area contributed by atoms with Gasteiger partial charge in [0.1, 0.15) is 23.3 Å². The topological polar surface area (TPSA) is 45.9 Å². The van der Waals surface area contributed by atoms with E-state index in [0.717, 1.165) is 52.8 Å². The standard InChI is InChI=1S/C24H18F2N2O/c1-29-24-21(14-27)22(16-7-11-19(26)12-8-16)20-4-2-3-17(23(20)28-24)13-15-5-9-18(25)10-6-15/h5-13H,2-4H2,1H3. The summed E-state index contributed by atoms with van der Waals surface area (Å²) in [6.45, 7) is 0. The predicted molar refractivity (Wildman–Crippen MR) is 108 cm³/mol. The number of fused-ring (bicyclic) bond motifs is 1. The van der Waals surface area contributed by atoms with E-state index in [1.165, 1.54) is 31.4 Å². The highest BCUT2D eigenvalue weighted by molar-refractivity contribution is 5.87. The number of hydrogen-bond acceptors (Lipinski definition) is 3. The summed E-state index contributed by atoms with van der Waals surface area (Å²) in [5.41, 5.74) is 5.44. The molecule has 0 saturated carbocycles. The van der Waals surface area contributed by atoms with Gasteiger partial charge < -0.3 is 4.74 Å². The molecule has 5 heteroatoms. The molecular formula is C24H18F2N2O. The van der Waals surface area contributed by atoms with Crippen LogP contribution in [0, 0.1) is 23.0 Å². The number of nitrogens with zero attached hydrogens (tertiary/aromatic N) is 2. The first-order valence-corrected chi connectivity index (χ1v) is 9.34. The molecular weight excluding hydrogens is 370 g/mol. The van der Waals surface area contributed by atoms with Crippen molar-refractivity contribution >= 4 is 11.6 Å². The Balaban J connectivity index is 1.95. The Labute approximate surface area is 167 Å². The summed E-state index contributed by atoms with van der Waals surface area (Å²) in [7, 11) is 1.48. The normalized spacial score (nSPS) is 14.3. The van der Waals surface area contributed by atoms with Crippen LogP contribution in [-0.2, 0) is 6.42 Å². The summed E-state index contributed by atoms with van der Waals surface area (Å²) < 4.78 is 32.1. The van der Waals surface area contributed by atoms with Crippen molar-refractivity contribution in [3.63, 3.8) is 0 Å². The van der Waals surface area contributed by atoms with Gasteiger partial charge in [0.2, 0.25) is 5.88 Å². The lowest BCUT2D eigenvalue weighted by Crippen LogP contribution is -2.10. The van der Waals surface area contributed by atoms with Gasteiger partial charge in [0.05, 0.1) is 12.8 Å². The fourth-order valence-electron chi connectivity index (χ4n) is 3.77. The number of ether oxygens (including phenoxy) is 1. The summed E-state index contributed by atoms with van der Waals surface area (Å²) in [4.78, 5) is 4.64. The van der Waals surface area contributed by atoms with Crippen LogP contribution in [0.5, 0.6) is 5.88 Å². The number of allylic oxidation sites excluding steroid dienone is 1. The second kappa shape index (κ2) is 7.84. The lowest BCUT2D eigenvalue weighted by molar-refractivity contribution is 0.395. The molecule has 1 aliphatic carbocycles. The number of rotatable bonds is 3. The van der Waals surface area contributed by atoms with Gasteiger partial charge in [-0.2, -0.15) is 5.26 Å². The summed E-state index contributed by atoms with van der Waals surface area (Å²) in [5.74, 6) is -0.371. The number of aromatic nitrogens is 1. The number of hydrogen-bond donors (Lipinski definition) is 0. The zero-order chi connectivity index (χ0) is 20.4. The van der Waals surface area contributed by atoms with Crippen LogP contribution in [0.2, 0.25) is 0 Å². The van der Waals surface area contributed by atoms with Gasteiger partial charge in [0.15, 0.2) is 0 Å². The molecule has 0 aliphatic heterocycles. The molecule has 0 bridgehead atoms. The number of methoxy groups -OCH3 is 1. The molecule has 0 unspecified atom stereocenters. The first-order chi connectivity index (χ1) is 14.1. The highest BCUT2D eigenvalue weighted by atomic mass is 19.1. The van der Waals surface area contributed by atoms with Crippen LogP contribution in [0.1, 0.15) is 35.2 Å². The predicted octanol–water partition coefficient (Wildman–Crippen LogP) is 5.78. The van der Waals surface area contributed by atoms with E-state index >= 15 is 0 Å². The molecule has 29 heavy (non-hydrogen) atoms. The Morgan fingerprint density at radius 3 is 2.28 bits per heavy atom. The molecule has 1 aromatic heterocycles. The van der Waals surface area contributed by atoms with Crippen molar-refractivity contribution < 1.29 is 13.5 Å². The Bertz CT molecular complexity index is 1130. The van der Waals surface area contributed by atoms with Crippen LogP contribution < -0.4 is 4.74 Å². The van der Waals surface area contributed by atoms with Gasteiger partial charge in [-0.05, 0) is 71.9 Å². The van der Waals surface area contributed by atoms with Crippen molar-refractivity contribution in [2.75, 3.05) is 7.11 Å². The molecule has 0 N–H and O–H groups in total. The van der Waals surface area contributed by atoms with Gasteiger partial charge in [-0.25, -0.2) is 13.8 Å². The zero-order valence-corrected chi connectivity index (χ0v) is 15.9. The maximum atomic E-state index is 13.5. The highest BCUT2D eigenvalue weighted by Crippen LogP contribution is 2.41. The first-order valence-electron chi connectivity index (χ1n) is 9.34. The molecule has 0 fully saturated rings. The van der Waals surface area contributed by atoms with Crippen LogP contribution in [0.4, 0.5) is 8.78 Å². The third-order valence-corrected chi connectivity index (χ3v) is 5.09. The first kappa shape index (κ1) is 18.8. The number of halogens is 2. The van der Waals surface area contributed by atoms with Gasteiger partial charge in [0, 0.05) is 5.56 Å². The highest BCUT2D eigenvalue weighted by Gasteiger charge is 2.26. The smallest absolute Gasteiger partial charge is 0.232 e. The Morgan fingerprint density at radius 1 is 1.00 bits per heavy atom. The van der Waals surface area contributed by atoms with Crippen LogP contribution >= 0.6 is 0 Å². The minimum absolute atomic E-state index is 0.248. The molecule has 3 nitrogen and oxygen atoms in total. The van der Waals surface area contributed by atoms with Gasteiger partial charge in [0.25, 0.3) is 0 Å². The van der Waals surface area contributed by atoms with E-state index in [1.807, 2.05) is 6.08 Å². The monoisotopic (exact) mass is 388 g/mol. The maximum Gasteiger partial charge on any atom is 0.232 e. The Hall–Kier alpha value is -3.52. The minimum atomic E-state index is -0.334. The van der Waals surface area contributed by atoms with Crippen molar-refractivity contribution in [1.82, 2.24) is 4.98 Å². The second-order valence-corrected chi connectivity index (χ2v) is 6.89.